The number of carbonyl (C=O) groups excluding carboxylic acids is 1. The topological polar surface area (TPSA) is 29.5 Å². The van der Waals surface area contributed by atoms with E-state index in [1.54, 1.807) is 0 Å². The molecule has 0 N–H and O–H groups in total. The Bertz CT molecular complexity index is 550. The number of esters is 1. The number of rotatable bonds is 5. The van der Waals surface area contributed by atoms with E-state index in [1.165, 1.54) is 12.7 Å². The Hall–Kier alpha value is -1.07. The van der Waals surface area contributed by atoms with E-state index in [1.807, 2.05) is 12.1 Å². The van der Waals surface area contributed by atoms with E-state index in [2.05, 4.69) is 29.7 Å². The number of ether oxygens (including phenoxy) is 1. The minimum atomic E-state index is -0.300. The number of hydrogen-bond acceptors (Lipinski definition) is 4. The third-order valence-corrected chi connectivity index (χ3v) is 5.71. The Morgan fingerprint density at radius 2 is 2.09 bits per heavy atom. The molecule has 0 amide bonds. The van der Waals surface area contributed by atoms with Crippen molar-refractivity contribution in [3.63, 3.8) is 0 Å². The Labute approximate surface area is 142 Å². The zero-order valence-corrected chi connectivity index (χ0v) is 14.3. The summed E-state index contributed by atoms with van der Waals surface area (Å²) in [5.74, 6) is -0.125. The normalized spacial score (nSPS) is 30.4. The number of benzene rings is 1. The summed E-state index contributed by atoms with van der Waals surface area (Å²) in [6.07, 6.45) is 3.57. The van der Waals surface area contributed by atoms with Gasteiger partial charge >= 0.3 is 5.97 Å². The van der Waals surface area contributed by atoms with Gasteiger partial charge in [-0.1, -0.05) is 12.1 Å². The van der Waals surface area contributed by atoms with E-state index in [-0.39, 0.29) is 30.5 Å². The SMILES string of the molecule is COC(=O)C1C(c2ccc(S)cc2)CC2CCC1N2CCCF. The number of hydrogen-bond donors (Lipinski definition) is 1. The highest BCUT2D eigenvalue weighted by Crippen LogP contribution is 2.47. The Morgan fingerprint density at radius 3 is 2.74 bits per heavy atom. The van der Waals surface area contributed by atoms with E-state index in [9.17, 15) is 9.18 Å². The number of halogens is 1. The van der Waals surface area contributed by atoms with Crippen LogP contribution in [0.25, 0.3) is 0 Å². The molecule has 5 heteroatoms. The third kappa shape index (κ3) is 3.26. The number of nitrogens with zero attached hydrogens (tertiary/aromatic N) is 1. The second-order valence-corrected chi connectivity index (χ2v) is 7.08. The Morgan fingerprint density at radius 1 is 1.35 bits per heavy atom. The van der Waals surface area contributed by atoms with Crippen molar-refractivity contribution < 1.29 is 13.9 Å². The van der Waals surface area contributed by atoms with Crippen LogP contribution in [0, 0.1) is 5.92 Å². The first kappa shape index (κ1) is 16.8. The first-order valence-electron chi connectivity index (χ1n) is 8.34. The molecule has 2 aliphatic heterocycles. The molecule has 1 aromatic carbocycles. The third-order valence-electron chi connectivity index (χ3n) is 5.41. The second-order valence-electron chi connectivity index (χ2n) is 6.56. The van der Waals surface area contributed by atoms with Crippen molar-refractivity contribution in [2.45, 2.75) is 48.6 Å². The molecule has 4 unspecified atom stereocenters. The largest absolute Gasteiger partial charge is 0.469 e. The van der Waals surface area contributed by atoms with Crippen LogP contribution >= 0.6 is 12.6 Å². The molecule has 0 aromatic heterocycles. The van der Waals surface area contributed by atoms with Crippen LogP contribution in [0.4, 0.5) is 4.39 Å². The molecule has 0 saturated carbocycles. The van der Waals surface area contributed by atoms with Crippen molar-refractivity contribution in [3.05, 3.63) is 29.8 Å². The van der Waals surface area contributed by atoms with Crippen molar-refractivity contribution in [1.82, 2.24) is 4.90 Å². The minimum Gasteiger partial charge on any atom is -0.469 e. The fourth-order valence-corrected chi connectivity index (χ4v) is 4.57. The zero-order chi connectivity index (χ0) is 16.4. The molecule has 1 aromatic rings. The van der Waals surface area contributed by atoms with Gasteiger partial charge in [0.1, 0.15) is 0 Å². The summed E-state index contributed by atoms with van der Waals surface area (Å²) in [6.45, 7) is 0.438. The number of fused-ring (bicyclic) bond motifs is 2. The van der Waals surface area contributed by atoms with Crippen molar-refractivity contribution in [3.8, 4) is 0 Å². The Kier molecular flexibility index (Phi) is 5.27. The van der Waals surface area contributed by atoms with Gasteiger partial charge in [0, 0.05) is 29.4 Å². The highest BCUT2D eigenvalue weighted by Gasteiger charge is 2.50. The molecule has 2 heterocycles. The molecule has 2 fully saturated rings. The van der Waals surface area contributed by atoms with E-state index < -0.39 is 0 Å². The number of alkyl halides is 1. The molecular weight excluding hydrogens is 313 g/mol. The monoisotopic (exact) mass is 337 g/mol. The van der Waals surface area contributed by atoms with E-state index in [4.69, 9.17) is 4.74 Å². The Balaban J connectivity index is 1.88. The van der Waals surface area contributed by atoms with Gasteiger partial charge in [0.05, 0.1) is 19.7 Å². The van der Waals surface area contributed by atoms with Gasteiger partial charge < -0.3 is 4.74 Å². The van der Waals surface area contributed by atoms with Crippen molar-refractivity contribution >= 4 is 18.6 Å². The summed E-state index contributed by atoms with van der Waals surface area (Å²) in [7, 11) is 1.46. The summed E-state index contributed by atoms with van der Waals surface area (Å²) in [6, 6.07) is 8.72. The maximum Gasteiger partial charge on any atom is 0.310 e. The van der Waals surface area contributed by atoms with E-state index in [0.29, 0.717) is 12.5 Å². The van der Waals surface area contributed by atoms with Gasteiger partial charge in [-0.15, -0.1) is 12.6 Å². The molecule has 0 radical (unpaired) electrons. The summed E-state index contributed by atoms with van der Waals surface area (Å²) in [5, 5.41) is 0. The minimum absolute atomic E-state index is 0.138. The van der Waals surface area contributed by atoms with E-state index >= 15 is 0 Å². The van der Waals surface area contributed by atoms with Crippen molar-refractivity contribution in [2.24, 2.45) is 5.92 Å². The van der Waals surface area contributed by atoms with Gasteiger partial charge in [0.25, 0.3) is 0 Å². The smallest absolute Gasteiger partial charge is 0.310 e. The van der Waals surface area contributed by atoms with Gasteiger partial charge in [-0.3, -0.25) is 14.1 Å². The van der Waals surface area contributed by atoms with Gasteiger partial charge in [0.2, 0.25) is 0 Å². The molecule has 0 spiro atoms. The summed E-state index contributed by atoms with van der Waals surface area (Å²) in [4.78, 5) is 15.8. The number of piperidine rings is 1. The predicted octanol–water partition coefficient (Wildman–Crippen LogP) is 3.44. The molecule has 3 nitrogen and oxygen atoms in total. The first-order valence-corrected chi connectivity index (χ1v) is 8.79. The lowest BCUT2D eigenvalue weighted by atomic mass is 9.76. The van der Waals surface area contributed by atoms with Gasteiger partial charge in [-0.25, -0.2) is 0 Å². The van der Waals surface area contributed by atoms with Gasteiger partial charge in [0.15, 0.2) is 0 Å². The van der Waals surface area contributed by atoms with Crippen molar-refractivity contribution in [2.75, 3.05) is 20.3 Å². The first-order chi connectivity index (χ1) is 11.2. The summed E-state index contributed by atoms with van der Waals surface area (Å²) >= 11 is 4.34. The highest BCUT2D eigenvalue weighted by molar-refractivity contribution is 7.80. The van der Waals surface area contributed by atoms with Gasteiger partial charge in [-0.05, 0) is 43.4 Å². The number of carbonyl (C=O) groups is 1. The van der Waals surface area contributed by atoms with Crippen LogP contribution in [0.2, 0.25) is 0 Å². The zero-order valence-electron chi connectivity index (χ0n) is 13.5. The molecule has 2 bridgehead atoms. The maximum absolute atomic E-state index is 12.6. The molecular formula is C18H24FNO2S. The summed E-state index contributed by atoms with van der Waals surface area (Å²) in [5.41, 5.74) is 1.18. The molecule has 2 saturated heterocycles. The summed E-state index contributed by atoms with van der Waals surface area (Å²) < 4.78 is 17.7. The second kappa shape index (κ2) is 7.22. The van der Waals surface area contributed by atoms with Crippen LogP contribution in [-0.2, 0) is 9.53 Å². The fraction of sp³-hybridized carbons (Fsp3) is 0.611. The van der Waals surface area contributed by atoms with E-state index in [0.717, 1.165) is 30.7 Å². The number of methoxy groups -OCH3 is 1. The maximum atomic E-state index is 12.6. The van der Waals surface area contributed by atoms with Crippen LogP contribution in [-0.4, -0.2) is 43.3 Å². The molecule has 23 heavy (non-hydrogen) atoms. The fourth-order valence-electron chi connectivity index (χ4n) is 4.43. The number of thiol groups is 1. The molecule has 3 rings (SSSR count). The average molecular weight is 337 g/mol. The lowest BCUT2D eigenvalue weighted by molar-refractivity contribution is -0.150. The molecule has 126 valence electrons. The quantitative estimate of drug-likeness (QED) is 0.659. The average Bonchev–Trinajstić information content (AvgIpc) is 2.84. The van der Waals surface area contributed by atoms with Crippen LogP contribution in [0.3, 0.4) is 0 Å². The highest BCUT2D eigenvalue weighted by atomic mass is 32.1. The van der Waals surface area contributed by atoms with Crippen LogP contribution in [0.5, 0.6) is 0 Å². The van der Waals surface area contributed by atoms with Crippen molar-refractivity contribution in [1.29, 1.82) is 0 Å². The molecule has 0 aliphatic carbocycles. The predicted molar refractivity (Wildman–Crippen MR) is 90.7 cm³/mol. The molecule has 2 aliphatic rings. The van der Waals surface area contributed by atoms with Crippen LogP contribution in [0.15, 0.2) is 29.2 Å². The van der Waals surface area contributed by atoms with Crippen LogP contribution < -0.4 is 0 Å². The molecule has 4 atom stereocenters. The lowest BCUT2D eigenvalue weighted by Gasteiger charge is -2.43. The standard InChI is InChI=1S/C18H24FNO2S/c1-22-18(21)17-15(12-3-6-14(23)7-4-12)11-13-5-8-16(17)20(13)10-2-9-19/h3-4,6-7,13,15-17,23H,2,5,8-11H2,1H3. The lowest BCUT2D eigenvalue weighted by Crippen LogP contribution is -2.51. The van der Waals surface area contributed by atoms with Gasteiger partial charge in [-0.2, -0.15) is 0 Å². The van der Waals surface area contributed by atoms with Crippen LogP contribution in [0.1, 0.15) is 37.2 Å².